The lowest BCUT2D eigenvalue weighted by atomic mass is 9.99. The van der Waals surface area contributed by atoms with Gasteiger partial charge in [0.1, 0.15) is 24.4 Å². The molecule has 0 aromatic heterocycles. The van der Waals surface area contributed by atoms with Crippen molar-refractivity contribution in [3.8, 4) is 0 Å². The van der Waals surface area contributed by atoms with Crippen LogP contribution in [0.4, 0.5) is 0 Å². The Morgan fingerprint density at radius 2 is 0.873 bits per heavy atom. The Morgan fingerprint density at radius 3 is 1.32 bits per heavy atom. The van der Waals surface area contributed by atoms with Crippen LogP contribution in [0.25, 0.3) is 0 Å². The van der Waals surface area contributed by atoms with Crippen LogP contribution in [-0.4, -0.2) is 99.6 Å². The number of allylic oxidation sites excluding steroid dienone is 5. The maximum Gasteiger partial charge on any atom is 0.306 e. The van der Waals surface area contributed by atoms with Crippen molar-refractivity contribution in [1.82, 2.24) is 5.32 Å². The van der Waals surface area contributed by atoms with Gasteiger partial charge in [-0.1, -0.05) is 295 Å². The molecule has 0 aromatic rings. The van der Waals surface area contributed by atoms with E-state index in [4.69, 9.17) is 14.2 Å². The molecule has 6 N–H and O–H groups in total. The van der Waals surface area contributed by atoms with E-state index in [2.05, 4.69) is 50.4 Å². The number of ether oxygens (including phenoxy) is 3. The molecule has 1 heterocycles. The Labute approximate surface area is 485 Å². The lowest BCUT2D eigenvalue weighted by Gasteiger charge is -2.41. The fourth-order valence-corrected chi connectivity index (χ4v) is 10.7. The minimum atomic E-state index is -1.61. The molecule has 11 heteroatoms. The predicted molar refractivity (Wildman–Crippen MR) is 329 cm³/mol. The molecule has 0 spiro atoms. The smallest absolute Gasteiger partial charge is 0.306 e. The number of aliphatic hydroxyl groups excluding tert-OH is 5. The van der Waals surface area contributed by atoms with Crippen molar-refractivity contribution in [3.63, 3.8) is 0 Å². The van der Waals surface area contributed by atoms with E-state index >= 15 is 0 Å². The topological polar surface area (TPSA) is 175 Å². The van der Waals surface area contributed by atoms with E-state index in [1.807, 2.05) is 6.08 Å². The second-order valence-corrected chi connectivity index (χ2v) is 23.6. The lowest BCUT2D eigenvalue weighted by Crippen LogP contribution is -2.61. The molecule has 0 bridgehead atoms. The summed E-state index contributed by atoms with van der Waals surface area (Å²) in [7, 11) is 0. The van der Waals surface area contributed by atoms with E-state index in [1.165, 1.54) is 212 Å². The molecule has 0 radical (unpaired) electrons. The third kappa shape index (κ3) is 44.1. The van der Waals surface area contributed by atoms with E-state index in [9.17, 15) is 35.1 Å². The molecule has 79 heavy (non-hydrogen) atoms. The van der Waals surface area contributed by atoms with Gasteiger partial charge in [0, 0.05) is 6.42 Å². The second-order valence-electron chi connectivity index (χ2n) is 23.6. The Hall–Kier alpha value is -2.12. The zero-order chi connectivity index (χ0) is 57.5. The highest BCUT2D eigenvalue weighted by molar-refractivity contribution is 5.80. The molecule has 0 aliphatic carbocycles. The van der Waals surface area contributed by atoms with Crippen LogP contribution in [0, 0.1) is 0 Å². The number of carbonyl (C=O) groups excluding carboxylic acids is 2. The van der Waals surface area contributed by atoms with Gasteiger partial charge in [0.15, 0.2) is 12.4 Å². The predicted octanol–water partition coefficient (Wildman–Crippen LogP) is 16.6. The number of hydrogen-bond acceptors (Lipinski definition) is 10. The molecule has 8 unspecified atom stereocenters. The molecular weight excluding hydrogens is 991 g/mol. The molecule has 1 aliphatic heterocycles. The van der Waals surface area contributed by atoms with Crippen LogP contribution < -0.4 is 5.32 Å². The second kappa shape index (κ2) is 56.4. The molecular formula is C68H127NO10. The molecule has 1 aliphatic rings. The average molecular weight is 1120 g/mol. The Bertz CT molecular complexity index is 1420. The number of unbranched alkanes of at least 4 members (excludes halogenated alkanes) is 40. The molecule has 11 nitrogen and oxygen atoms in total. The quantitative estimate of drug-likeness (QED) is 0.0195. The summed E-state index contributed by atoms with van der Waals surface area (Å²) >= 11 is 0. The summed E-state index contributed by atoms with van der Waals surface area (Å²) in [4.78, 5) is 26.6. The first-order valence-corrected chi connectivity index (χ1v) is 33.8. The first-order chi connectivity index (χ1) is 38.7. The van der Waals surface area contributed by atoms with Gasteiger partial charge in [-0.15, -0.1) is 0 Å². The van der Waals surface area contributed by atoms with Crippen LogP contribution in [0.1, 0.15) is 323 Å². The maximum absolute atomic E-state index is 13.5. The third-order valence-electron chi connectivity index (χ3n) is 16.0. The van der Waals surface area contributed by atoms with Crippen molar-refractivity contribution in [1.29, 1.82) is 0 Å². The largest absolute Gasteiger partial charge is 0.454 e. The van der Waals surface area contributed by atoms with Gasteiger partial charge in [-0.05, 0) is 57.8 Å². The van der Waals surface area contributed by atoms with Crippen molar-refractivity contribution in [2.24, 2.45) is 0 Å². The van der Waals surface area contributed by atoms with E-state index in [0.29, 0.717) is 19.3 Å². The van der Waals surface area contributed by atoms with E-state index in [0.717, 1.165) is 64.2 Å². The number of hydrogen-bond donors (Lipinski definition) is 6. The van der Waals surface area contributed by atoms with Gasteiger partial charge in [0.25, 0.3) is 0 Å². The van der Waals surface area contributed by atoms with Crippen molar-refractivity contribution in [2.45, 2.75) is 372 Å². The fraction of sp³-hybridized carbons (Fsp3) is 0.882. The summed E-state index contributed by atoms with van der Waals surface area (Å²) in [5.41, 5.74) is 0. The number of rotatable bonds is 58. The van der Waals surface area contributed by atoms with Crippen molar-refractivity contribution in [3.05, 3.63) is 36.5 Å². The summed E-state index contributed by atoms with van der Waals surface area (Å²) in [6, 6.07) is -1.02. The number of nitrogens with one attached hydrogen (secondary N) is 1. The average Bonchev–Trinajstić information content (AvgIpc) is 3.45. The minimum absolute atomic E-state index is 0.129. The van der Waals surface area contributed by atoms with Crippen LogP contribution in [0.5, 0.6) is 0 Å². The van der Waals surface area contributed by atoms with Crippen LogP contribution in [0.2, 0.25) is 0 Å². The summed E-state index contributed by atoms with van der Waals surface area (Å²) in [5, 5.41) is 57.1. The number of aliphatic hydroxyl groups is 5. The molecule has 1 fully saturated rings. The van der Waals surface area contributed by atoms with Crippen LogP contribution in [0.3, 0.4) is 0 Å². The number of amides is 1. The van der Waals surface area contributed by atoms with E-state index in [-0.39, 0.29) is 13.0 Å². The molecule has 1 saturated heterocycles. The first-order valence-electron chi connectivity index (χ1n) is 33.8. The molecule has 0 saturated carbocycles. The summed E-state index contributed by atoms with van der Waals surface area (Å²) in [5.74, 6) is -1.18. The van der Waals surface area contributed by atoms with Crippen LogP contribution in [-0.2, 0) is 23.8 Å². The van der Waals surface area contributed by atoms with Gasteiger partial charge in [-0.2, -0.15) is 0 Å². The minimum Gasteiger partial charge on any atom is -0.454 e. The van der Waals surface area contributed by atoms with Gasteiger partial charge < -0.3 is 45.1 Å². The summed E-state index contributed by atoms with van der Waals surface area (Å²) in [6.07, 6.45) is 57.6. The maximum atomic E-state index is 13.5. The number of esters is 1. The number of carbonyl (C=O) groups is 2. The first kappa shape index (κ1) is 74.9. The Balaban J connectivity index is 2.59. The molecule has 1 rings (SSSR count). The normalized spacial score (nSPS) is 19.0. The van der Waals surface area contributed by atoms with Gasteiger partial charge in [-0.3, -0.25) is 9.59 Å². The summed E-state index contributed by atoms with van der Waals surface area (Å²) < 4.78 is 17.7. The fourth-order valence-electron chi connectivity index (χ4n) is 10.7. The van der Waals surface area contributed by atoms with Gasteiger partial charge in [0.2, 0.25) is 5.91 Å². The highest BCUT2D eigenvalue weighted by Gasteiger charge is 2.47. The van der Waals surface area contributed by atoms with Crippen molar-refractivity contribution in [2.75, 3.05) is 13.2 Å². The van der Waals surface area contributed by atoms with Crippen molar-refractivity contribution >= 4 is 11.9 Å². The van der Waals surface area contributed by atoms with Crippen LogP contribution in [0.15, 0.2) is 36.5 Å². The van der Waals surface area contributed by atoms with Crippen molar-refractivity contribution < 1.29 is 49.3 Å². The van der Waals surface area contributed by atoms with Gasteiger partial charge in [-0.25, -0.2) is 0 Å². The Kier molecular flexibility index (Phi) is 53.4. The zero-order valence-electron chi connectivity index (χ0n) is 51.5. The monoisotopic (exact) mass is 1120 g/mol. The van der Waals surface area contributed by atoms with E-state index < -0.39 is 67.4 Å². The van der Waals surface area contributed by atoms with Gasteiger partial charge in [0.05, 0.1) is 25.4 Å². The van der Waals surface area contributed by atoms with Crippen LogP contribution >= 0.6 is 0 Å². The van der Waals surface area contributed by atoms with E-state index in [1.54, 1.807) is 6.08 Å². The lowest BCUT2D eigenvalue weighted by molar-refractivity contribution is -0.305. The highest BCUT2D eigenvalue weighted by atomic mass is 16.7. The summed E-state index contributed by atoms with van der Waals surface area (Å²) in [6.45, 7) is 5.80. The third-order valence-corrected chi connectivity index (χ3v) is 16.0. The standard InChI is InChI=1S/C68H127NO10/c1-4-7-10-13-16-19-22-24-26-28-29-30-31-32-34-35-37-40-43-46-49-52-55-61(72)67(76)69-59(60(71)54-51-48-45-42-39-21-18-15-12-9-6-3)58-77-68-66(65(75)64(74)62(57-70)78-68)79-63(73)56-53-50-47-44-41-38-36-33-27-25-23-20-17-14-11-8-5-2/h16,19,24,26,51,54,59-62,64-66,68,70-72,74-75H,4-15,17-18,20-23,25,27-50,52-53,55-58H2,1-3H3,(H,69,76)/b19-16-,26-24-,54-51+. The SMILES string of the molecule is CCCCC/C=C\C/C=C\CCCCCCCCCCCCCCC(O)C(=O)NC(COC1OC(CO)C(O)C(O)C1OC(=O)CCCCCCCCCCCCCCCCCCC)C(O)/C=C/CCCCCCCCCCC. The highest BCUT2D eigenvalue weighted by Crippen LogP contribution is 2.26. The molecule has 464 valence electrons. The molecule has 0 aromatic carbocycles. The van der Waals surface area contributed by atoms with Gasteiger partial charge >= 0.3 is 5.97 Å². The molecule has 8 atom stereocenters. The zero-order valence-corrected chi connectivity index (χ0v) is 51.5. The Morgan fingerprint density at radius 1 is 0.494 bits per heavy atom. The molecule has 1 amide bonds.